The molecule has 3 aromatic rings. The van der Waals surface area contributed by atoms with Gasteiger partial charge in [-0.1, -0.05) is 41.9 Å². The summed E-state index contributed by atoms with van der Waals surface area (Å²) >= 11 is 5.75. The zero-order valence-corrected chi connectivity index (χ0v) is 14.9. The smallest absolute Gasteiger partial charge is 0.287 e. The summed E-state index contributed by atoms with van der Waals surface area (Å²) in [7, 11) is 0. The first-order valence-electron chi connectivity index (χ1n) is 8.17. The first-order valence-corrected chi connectivity index (χ1v) is 8.55. The second-order valence-electron chi connectivity index (χ2n) is 5.81. The van der Waals surface area contributed by atoms with Gasteiger partial charge in [-0.2, -0.15) is 0 Å². The molecule has 7 heteroatoms. The lowest BCUT2D eigenvalue weighted by atomic mass is 10.0. The molecule has 0 saturated carbocycles. The topological polar surface area (TPSA) is 71.3 Å². The fraction of sp³-hybridized carbons (Fsp3) is 0.100. The molecule has 2 N–H and O–H groups in total. The Hall–Kier alpha value is -3.12. The van der Waals surface area contributed by atoms with Crippen LogP contribution in [0.2, 0.25) is 5.02 Å². The minimum atomic E-state index is -0.867. The molecule has 1 heterocycles. The number of hydrogen-bond donors (Lipinski definition) is 2. The van der Waals surface area contributed by atoms with Gasteiger partial charge in [0.05, 0.1) is 11.3 Å². The number of amides is 2. The van der Waals surface area contributed by atoms with Gasteiger partial charge in [-0.25, -0.2) is 4.39 Å². The molecule has 0 bridgehead atoms. The van der Waals surface area contributed by atoms with E-state index in [9.17, 15) is 14.0 Å². The summed E-state index contributed by atoms with van der Waals surface area (Å²) in [4.78, 5) is 25.0. The van der Waals surface area contributed by atoms with E-state index in [0.29, 0.717) is 5.69 Å². The maximum absolute atomic E-state index is 13.3. The van der Waals surface area contributed by atoms with E-state index in [2.05, 4.69) is 10.6 Å². The number of carbonyl (C=O) groups is 2. The summed E-state index contributed by atoms with van der Waals surface area (Å²) in [6.07, 6.45) is 1.65. The Morgan fingerprint density at radius 2 is 1.85 bits per heavy atom. The third-order valence-corrected chi connectivity index (χ3v) is 4.13. The molecule has 1 atom stereocenters. The van der Waals surface area contributed by atoms with Gasteiger partial charge in [0.2, 0.25) is 5.91 Å². The molecule has 5 nitrogen and oxygen atoms in total. The Balaban J connectivity index is 1.77. The van der Waals surface area contributed by atoms with Crippen LogP contribution in [-0.4, -0.2) is 17.9 Å². The average molecular weight is 387 g/mol. The minimum absolute atomic E-state index is 0.102. The largest absolute Gasteiger partial charge is 0.459 e. The zero-order chi connectivity index (χ0) is 19.2. The molecule has 1 aromatic heterocycles. The van der Waals surface area contributed by atoms with Gasteiger partial charge in [0.15, 0.2) is 5.76 Å². The molecule has 0 fully saturated rings. The summed E-state index contributed by atoms with van der Waals surface area (Å²) in [5.74, 6) is -1.44. The Morgan fingerprint density at radius 1 is 1.07 bits per heavy atom. The highest BCUT2D eigenvalue weighted by molar-refractivity contribution is 6.31. The number of hydrogen-bond acceptors (Lipinski definition) is 3. The Labute approximate surface area is 160 Å². The lowest BCUT2D eigenvalue weighted by Crippen LogP contribution is -2.45. The van der Waals surface area contributed by atoms with Crippen molar-refractivity contribution in [3.8, 4) is 0 Å². The molecule has 0 aliphatic rings. The van der Waals surface area contributed by atoms with Gasteiger partial charge in [-0.3, -0.25) is 9.59 Å². The molecule has 27 heavy (non-hydrogen) atoms. The number of carbonyl (C=O) groups excluding carboxylic acids is 2. The second kappa shape index (κ2) is 8.51. The van der Waals surface area contributed by atoms with Crippen LogP contribution in [0.15, 0.2) is 71.3 Å². The van der Waals surface area contributed by atoms with E-state index >= 15 is 0 Å². The molecule has 2 aromatic carbocycles. The van der Waals surface area contributed by atoms with Crippen LogP contribution < -0.4 is 10.6 Å². The zero-order valence-electron chi connectivity index (χ0n) is 14.1. The van der Waals surface area contributed by atoms with Gasteiger partial charge >= 0.3 is 0 Å². The van der Waals surface area contributed by atoms with Crippen molar-refractivity contribution in [3.63, 3.8) is 0 Å². The maximum Gasteiger partial charge on any atom is 0.287 e. The molecule has 0 radical (unpaired) electrons. The first-order chi connectivity index (χ1) is 13.0. The lowest BCUT2D eigenvalue weighted by molar-refractivity contribution is -0.118. The number of rotatable bonds is 6. The van der Waals surface area contributed by atoms with Crippen molar-refractivity contribution >= 4 is 29.1 Å². The molecular formula is C20H16ClFN2O3. The highest BCUT2D eigenvalue weighted by Crippen LogP contribution is 2.19. The summed E-state index contributed by atoms with van der Waals surface area (Å²) in [6, 6.07) is 15.4. The van der Waals surface area contributed by atoms with Crippen LogP contribution >= 0.6 is 11.6 Å². The van der Waals surface area contributed by atoms with Crippen molar-refractivity contribution in [3.05, 3.63) is 89.1 Å². The number of furan rings is 1. The monoisotopic (exact) mass is 386 g/mol. The summed E-state index contributed by atoms with van der Waals surface area (Å²) in [5, 5.41) is 5.20. The molecular weight excluding hydrogens is 371 g/mol. The minimum Gasteiger partial charge on any atom is -0.459 e. The Bertz CT molecular complexity index is 930. The van der Waals surface area contributed by atoms with Crippen LogP contribution in [0, 0.1) is 5.82 Å². The molecule has 138 valence electrons. The van der Waals surface area contributed by atoms with E-state index in [4.69, 9.17) is 16.0 Å². The SMILES string of the molecule is O=C(N[C@@H](Cc1ccccc1)C(=O)Nc1ccc(F)c(Cl)c1)c1ccco1. The third-order valence-electron chi connectivity index (χ3n) is 3.84. The second-order valence-corrected chi connectivity index (χ2v) is 6.22. The van der Waals surface area contributed by atoms with Gasteiger partial charge in [0.25, 0.3) is 5.91 Å². The summed E-state index contributed by atoms with van der Waals surface area (Å²) in [5.41, 5.74) is 1.20. The van der Waals surface area contributed by atoms with Crippen LogP contribution in [0.4, 0.5) is 10.1 Å². The first kappa shape index (κ1) is 18.7. The molecule has 3 rings (SSSR count). The number of nitrogens with one attached hydrogen (secondary N) is 2. The van der Waals surface area contributed by atoms with Crippen LogP contribution in [-0.2, 0) is 11.2 Å². The highest BCUT2D eigenvalue weighted by Gasteiger charge is 2.23. The Morgan fingerprint density at radius 3 is 2.52 bits per heavy atom. The van der Waals surface area contributed by atoms with Crippen molar-refractivity contribution in [1.82, 2.24) is 5.32 Å². The summed E-state index contributed by atoms with van der Waals surface area (Å²) in [6.45, 7) is 0. The molecule has 0 unspecified atom stereocenters. The van der Waals surface area contributed by atoms with Crippen molar-refractivity contribution in [2.24, 2.45) is 0 Å². The van der Waals surface area contributed by atoms with Gasteiger partial charge in [0, 0.05) is 12.1 Å². The van der Waals surface area contributed by atoms with E-state index in [1.54, 1.807) is 6.07 Å². The predicted octanol–water partition coefficient (Wildman–Crippen LogP) is 4.05. The van der Waals surface area contributed by atoms with E-state index in [0.717, 1.165) is 11.6 Å². The maximum atomic E-state index is 13.3. The molecule has 0 aliphatic carbocycles. The fourth-order valence-electron chi connectivity index (χ4n) is 2.50. The standard InChI is InChI=1S/C20H16ClFN2O3/c21-15-12-14(8-9-16(15)22)23-19(25)17(11-13-5-2-1-3-6-13)24-20(26)18-7-4-10-27-18/h1-10,12,17H,11H2,(H,23,25)(H,24,26)/t17-/m0/s1. The molecule has 0 saturated heterocycles. The van der Waals surface area contributed by atoms with Crippen LogP contribution in [0.1, 0.15) is 16.1 Å². The molecule has 0 aliphatic heterocycles. The van der Waals surface area contributed by atoms with Gasteiger partial charge < -0.3 is 15.1 Å². The van der Waals surface area contributed by atoms with Crippen LogP contribution in [0.3, 0.4) is 0 Å². The van der Waals surface area contributed by atoms with Gasteiger partial charge in [-0.15, -0.1) is 0 Å². The van der Waals surface area contributed by atoms with Crippen molar-refractivity contribution in [2.45, 2.75) is 12.5 Å². The molecule has 0 spiro atoms. The van der Waals surface area contributed by atoms with Crippen molar-refractivity contribution in [1.29, 1.82) is 0 Å². The fourth-order valence-corrected chi connectivity index (χ4v) is 2.68. The normalized spacial score (nSPS) is 11.6. The van der Waals surface area contributed by atoms with E-state index < -0.39 is 23.7 Å². The highest BCUT2D eigenvalue weighted by atomic mass is 35.5. The van der Waals surface area contributed by atoms with E-state index in [1.807, 2.05) is 30.3 Å². The number of halogens is 2. The lowest BCUT2D eigenvalue weighted by Gasteiger charge is -2.18. The number of anilines is 1. The van der Waals surface area contributed by atoms with E-state index in [-0.39, 0.29) is 17.2 Å². The number of benzene rings is 2. The third kappa shape index (κ3) is 4.95. The summed E-state index contributed by atoms with van der Waals surface area (Å²) < 4.78 is 18.4. The van der Waals surface area contributed by atoms with Crippen molar-refractivity contribution < 1.29 is 18.4 Å². The molecule has 2 amide bonds. The van der Waals surface area contributed by atoms with Gasteiger partial charge in [-0.05, 0) is 35.9 Å². The Kier molecular flexibility index (Phi) is 5.88. The van der Waals surface area contributed by atoms with Crippen LogP contribution in [0.25, 0.3) is 0 Å². The van der Waals surface area contributed by atoms with Crippen LogP contribution in [0.5, 0.6) is 0 Å². The van der Waals surface area contributed by atoms with Gasteiger partial charge in [0.1, 0.15) is 11.9 Å². The van der Waals surface area contributed by atoms with E-state index in [1.165, 1.54) is 24.5 Å². The quantitative estimate of drug-likeness (QED) is 0.671. The predicted molar refractivity (Wildman–Crippen MR) is 100 cm³/mol. The average Bonchev–Trinajstić information content (AvgIpc) is 3.20. The van der Waals surface area contributed by atoms with Crippen molar-refractivity contribution in [2.75, 3.05) is 5.32 Å².